The van der Waals surface area contributed by atoms with Crippen LogP contribution in [0.3, 0.4) is 0 Å². The molecule has 150 valence electrons. The minimum absolute atomic E-state index is 0.126. The second-order valence-corrected chi connectivity index (χ2v) is 7.57. The standard InChI is InChI=1S/C23H27N5O/c1-18-22(20-7-4-3-5-8-20)16-28(25-18)17-23(29)27-13-11-26(12-14-27)19(2)21-9-6-10-24-15-21/h3-10,15-16,19H,11-14,17H2,1-2H3/t19-/m0/s1. The minimum atomic E-state index is 0.126. The van der Waals surface area contributed by atoms with E-state index >= 15 is 0 Å². The predicted octanol–water partition coefficient (Wildman–Crippen LogP) is 3.16. The molecule has 0 N–H and O–H groups in total. The first kappa shape index (κ1) is 19.3. The number of aromatic nitrogens is 3. The molecule has 0 aliphatic carbocycles. The van der Waals surface area contributed by atoms with Gasteiger partial charge in [0.25, 0.3) is 0 Å². The number of piperazine rings is 1. The lowest BCUT2D eigenvalue weighted by Gasteiger charge is -2.38. The van der Waals surface area contributed by atoms with E-state index in [1.54, 1.807) is 10.9 Å². The second-order valence-electron chi connectivity index (χ2n) is 7.57. The van der Waals surface area contributed by atoms with Crippen LogP contribution in [-0.4, -0.2) is 56.7 Å². The van der Waals surface area contributed by atoms with Crippen molar-refractivity contribution in [2.45, 2.75) is 26.4 Å². The van der Waals surface area contributed by atoms with Gasteiger partial charge in [0, 0.05) is 56.4 Å². The maximum Gasteiger partial charge on any atom is 0.244 e. The fourth-order valence-electron chi connectivity index (χ4n) is 3.93. The maximum atomic E-state index is 12.8. The number of pyridine rings is 1. The van der Waals surface area contributed by atoms with E-state index in [4.69, 9.17) is 0 Å². The molecule has 6 heteroatoms. The summed E-state index contributed by atoms with van der Waals surface area (Å²) in [4.78, 5) is 21.4. The van der Waals surface area contributed by atoms with Crippen molar-refractivity contribution >= 4 is 5.91 Å². The number of nitrogens with zero attached hydrogens (tertiary/aromatic N) is 5. The van der Waals surface area contributed by atoms with Crippen molar-refractivity contribution in [1.29, 1.82) is 0 Å². The summed E-state index contributed by atoms with van der Waals surface area (Å²) in [5.74, 6) is 0.126. The van der Waals surface area contributed by atoms with Crippen molar-refractivity contribution in [3.63, 3.8) is 0 Å². The molecule has 1 atom stereocenters. The van der Waals surface area contributed by atoms with Crippen LogP contribution in [0.25, 0.3) is 11.1 Å². The molecule has 3 aromatic rings. The monoisotopic (exact) mass is 389 g/mol. The second kappa shape index (κ2) is 8.57. The van der Waals surface area contributed by atoms with Crippen molar-refractivity contribution in [3.05, 3.63) is 72.3 Å². The van der Waals surface area contributed by atoms with Crippen LogP contribution < -0.4 is 0 Å². The minimum Gasteiger partial charge on any atom is -0.339 e. The summed E-state index contributed by atoms with van der Waals surface area (Å²) in [6, 6.07) is 14.6. The summed E-state index contributed by atoms with van der Waals surface area (Å²) in [5.41, 5.74) is 4.36. The third-order valence-corrected chi connectivity index (χ3v) is 5.71. The van der Waals surface area contributed by atoms with Gasteiger partial charge in [-0.3, -0.25) is 19.4 Å². The van der Waals surface area contributed by atoms with Gasteiger partial charge in [-0.1, -0.05) is 36.4 Å². The molecule has 1 aromatic carbocycles. The number of aryl methyl sites for hydroxylation is 1. The Kier molecular flexibility index (Phi) is 5.71. The molecular formula is C23H27N5O. The molecule has 1 amide bonds. The van der Waals surface area contributed by atoms with Crippen LogP contribution in [0.4, 0.5) is 0 Å². The molecule has 0 saturated carbocycles. The van der Waals surface area contributed by atoms with Crippen LogP contribution in [0.2, 0.25) is 0 Å². The van der Waals surface area contributed by atoms with E-state index in [2.05, 4.69) is 40.1 Å². The Labute approximate surface area is 171 Å². The van der Waals surface area contributed by atoms with Crippen LogP contribution in [0, 0.1) is 6.92 Å². The van der Waals surface area contributed by atoms with Crippen LogP contribution in [-0.2, 0) is 11.3 Å². The summed E-state index contributed by atoms with van der Waals surface area (Å²) in [6.45, 7) is 7.70. The molecule has 2 aromatic heterocycles. The highest BCUT2D eigenvalue weighted by Crippen LogP contribution is 2.23. The highest BCUT2D eigenvalue weighted by Gasteiger charge is 2.25. The Balaban J connectivity index is 1.35. The number of rotatable bonds is 5. The molecule has 1 saturated heterocycles. The number of amides is 1. The number of carbonyl (C=O) groups is 1. The van der Waals surface area contributed by atoms with Crippen LogP contribution in [0.5, 0.6) is 0 Å². The highest BCUT2D eigenvalue weighted by molar-refractivity contribution is 5.76. The van der Waals surface area contributed by atoms with Gasteiger partial charge in [0.15, 0.2) is 0 Å². The molecule has 0 spiro atoms. The number of carbonyl (C=O) groups excluding carboxylic acids is 1. The van der Waals surface area contributed by atoms with E-state index in [9.17, 15) is 4.79 Å². The molecule has 1 fully saturated rings. The third kappa shape index (κ3) is 4.38. The fourth-order valence-corrected chi connectivity index (χ4v) is 3.93. The Morgan fingerprint density at radius 1 is 1.07 bits per heavy atom. The summed E-state index contributed by atoms with van der Waals surface area (Å²) in [5, 5.41) is 4.56. The molecule has 0 radical (unpaired) electrons. The molecule has 1 aliphatic rings. The smallest absolute Gasteiger partial charge is 0.244 e. The van der Waals surface area contributed by atoms with Gasteiger partial charge < -0.3 is 4.90 Å². The molecule has 29 heavy (non-hydrogen) atoms. The summed E-state index contributed by atoms with van der Waals surface area (Å²) < 4.78 is 1.77. The first-order valence-corrected chi connectivity index (χ1v) is 10.1. The van der Waals surface area contributed by atoms with E-state index in [0.717, 1.165) is 43.0 Å². The number of hydrogen-bond donors (Lipinski definition) is 0. The van der Waals surface area contributed by atoms with E-state index in [-0.39, 0.29) is 12.5 Å². The quantitative estimate of drug-likeness (QED) is 0.673. The normalized spacial score (nSPS) is 16.0. The van der Waals surface area contributed by atoms with Gasteiger partial charge in [-0.2, -0.15) is 5.10 Å². The maximum absolute atomic E-state index is 12.8. The first-order valence-electron chi connectivity index (χ1n) is 10.1. The molecular weight excluding hydrogens is 362 g/mol. The van der Waals surface area contributed by atoms with Crippen molar-refractivity contribution in [1.82, 2.24) is 24.6 Å². The average molecular weight is 390 g/mol. The molecule has 6 nitrogen and oxygen atoms in total. The Bertz CT molecular complexity index is 946. The van der Waals surface area contributed by atoms with Crippen molar-refractivity contribution in [3.8, 4) is 11.1 Å². The topological polar surface area (TPSA) is 54.3 Å². The highest BCUT2D eigenvalue weighted by atomic mass is 16.2. The summed E-state index contributed by atoms with van der Waals surface area (Å²) >= 11 is 0. The molecule has 3 heterocycles. The van der Waals surface area contributed by atoms with Gasteiger partial charge >= 0.3 is 0 Å². The van der Waals surface area contributed by atoms with Gasteiger partial charge in [-0.05, 0) is 31.0 Å². The lowest BCUT2D eigenvalue weighted by atomic mass is 10.1. The van der Waals surface area contributed by atoms with E-state index in [0.29, 0.717) is 6.04 Å². The lowest BCUT2D eigenvalue weighted by molar-refractivity contribution is -0.134. The SMILES string of the molecule is Cc1nn(CC(=O)N2CCN([C@@H](C)c3cccnc3)CC2)cc1-c1ccccc1. The zero-order chi connectivity index (χ0) is 20.2. The number of hydrogen-bond acceptors (Lipinski definition) is 4. The zero-order valence-electron chi connectivity index (χ0n) is 17.0. The zero-order valence-corrected chi connectivity index (χ0v) is 17.0. The van der Waals surface area contributed by atoms with Crippen molar-refractivity contribution < 1.29 is 4.79 Å². The van der Waals surface area contributed by atoms with E-state index in [1.165, 1.54) is 5.56 Å². The summed E-state index contributed by atoms with van der Waals surface area (Å²) in [7, 11) is 0. The fraction of sp³-hybridized carbons (Fsp3) is 0.348. The summed E-state index contributed by atoms with van der Waals surface area (Å²) in [6.07, 6.45) is 5.70. The van der Waals surface area contributed by atoms with Gasteiger partial charge in [0.05, 0.1) is 5.69 Å². The molecule has 1 aliphatic heterocycles. The van der Waals surface area contributed by atoms with Crippen molar-refractivity contribution in [2.75, 3.05) is 26.2 Å². The van der Waals surface area contributed by atoms with E-state index in [1.807, 2.05) is 48.5 Å². The largest absolute Gasteiger partial charge is 0.339 e. The van der Waals surface area contributed by atoms with Crippen molar-refractivity contribution in [2.24, 2.45) is 0 Å². The Hall–Kier alpha value is -2.99. The van der Waals surface area contributed by atoms with Crippen LogP contribution in [0.1, 0.15) is 24.2 Å². The van der Waals surface area contributed by atoms with Crippen LogP contribution >= 0.6 is 0 Å². The van der Waals surface area contributed by atoms with Gasteiger partial charge in [0.1, 0.15) is 6.54 Å². The van der Waals surface area contributed by atoms with Crippen LogP contribution in [0.15, 0.2) is 61.1 Å². The Morgan fingerprint density at radius 2 is 1.83 bits per heavy atom. The molecule has 0 unspecified atom stereocenters. The Morgan fingerprint density at radius 3 is 2.52 bits per heavy atom. The van der Waals surface area contributed by atoms with E-state index < -0.39 is 0 Å². The van der Waals surface area contributed by atoms with Gasteiger partial charge in [-0.15, -0.1) is 0 Å². The van der Waals surface area contributed by atoms with Gasteiger partial charge in [0.2, 0.25) is 5.91 Å². The first-order chi connectivity index (χ1) is 14.1. The third-order valence-electron chi connectivity index (χ3n) is 5.71. The van der Waals surface area contributed by atoms with Gasteiger partial charge in [-0.25, -0.2) is 0 Å². The number of benzene rings is 1. The lowest BCUT2D eigenvalue weighted by Crippen LogP contribution is -2.50. The molecule has 0 bridgehead atoms. The predicted molar refractivity (Wildman–Crippen MR) is 113 cm³/mol. The average Bonchev–Trinajstić information content (AvgIpc) is 3.14. The molecule has 4 rings (SSSR count).